The van der Waals surface area contributed by atoms with Gasteiger partial charge in [-0.15, -0.1) is 0 Å². The lowest BCUT2D eigenvalue weighted by molar-refractivity contribution is -0.383. The molecular weight excluding hydrogens is 334 g/mol. The lowest BCUT2D eigenvalue weighted by Gasteiger charge is -2.27. The number of hydrogen-bond acceptors (Lipinski definition) is 5. The van der Waals surface area contributed by atoms with E-state index in [4.69, 9.17) is 22.1 Å². The zero-order chi connectivity index (χ0) is 17.3. The molecule has 24 heavy (non-hydrogen) atoms. The molecule has 1 atom stereocenters. The molecule has 2 aromatic rings. The van der Waals surface area contributed by atoms with Gasteiger partial charge < -0.3 is 15.8 Å². The van der Waals surface area contributed by atoms with Gasteiger partial charge in [-0.25, -0.2) is 0 Å². The minimum atomic E-state index is -0.615. The van der Waals surface area contributed by atoms with Gasteiger partial charge in [0.15, 0.2) is 0 Å². The first-order valence-electron chi connectivity index (χ1n) is 7.23. The Labute approximate surface area is 142 Å². The molecule has 0 aliphatic carbocycles. The summed E-state index contributed by atoms with van der Waals surface area (Å²) in [6.07, 6.45) is 0.580. The third-order valence-corrected chi connectivity index (χ3v) is 4.12. The fraction of sp³-hybridized carbons (Fsp3) is 0.188. The summed E-state index contributed by atoms with van der Waals surface area (Å²) in [7, 11) is 0. The lowest BCUT2D eigenvalue weighted by atomic mass is 10.00. The number of ether oxygens (including phenoxy) is 1. The Balaban J connectivity index is 1.86. The number of nitrogen functional groups attached to an aromatic ring is 1. The minimum Gasteiger partial charge on any atom is -0.492 e. The molecule has 7 nitrogen and oxygen atoms in total. The Bertz CT molecular complexity index is 825. The molecule has 1 aliphatic rings. The van der Waals surface area contributed by atoms with Crippen molar-refractivity contribution in [1.29, 1.82) is 0 Å². The zero-order valence-electron chi connectivity index (χ0n) is 12.5. The number of halogens is 1. The van der Waals surface area contributed by atoms with Gasteiger partial charge in [0.05, 0.1) is 22.6 Å². The van der Waals surface area contributed by atoms with Crippen LogP contribution in [0.4, 0.5) is 11.4 Å². The number of benzene rings is 2. The number of fused-ring (bicyclic) bond motifs is 1. The second kappa shape index (κ2) is 6.37. The summed E-state index contributed by atoms with van der Waals surface area (Å²) >= 11 is 6.11. The molecular formula is C16H14ClN3O4. The summed E-state index contributed by atoms with van der Waals surface area (Å²) in [6, 6.07) is 9.02. The maximum Gasteiger partial charge on any atom is 0.292 e. The predicted molar refractivity (Wildman–Crippen MR) is 89.3 cm³/mol. The van der Waals surface area contributed by atoms with Crippen LogP contribution in [0.5, 0.6) is 5.75 Å². The minimum absolute atomic E-state index is 0.0137. The van der Waals surface area contributed by atoms with Crippen LogP contribution in [0.25, 0.3) is 0 Å². The highest BCUT2D eigenvalue weighted by atomic mass is 35.5. The largest absolute Gasteiger partial charge is 0.492 e. The summed E-state index contributed by atoms with van der Waals surface area (Å²) in [4.78, 5) is 22.8. The maximum atomic E-state index is 12.4. The normalized spacial score (nSPS) is 16.0. The van der Waals surface area contributed by atoms with Gasteiger partial charge in [-0.3, -0.25) is 14.9 Å². The molecule has 2 aromatic carbocycles. The van der Waals surface area contributed by atoms with E-state index in [2.05, 4.69) is 5.32 Å². The van der Waals surface area contributed by atoms with Crippen molar-refractivity contribution in [2.45, 2.75) is 12.5 Å². The average molecular weight is 348 g/mol. The van der Waals surface area contributed by atoms with Crippen molar-refractivity contribution < 1.29 is 14.5 Å². The third-order valence-electron chi connectivity index (χ3n) is 3.82. The van der Waals surface area contributed by atoms with Crippen molar-refractivity contribution in [3.63, 3.8) is 0 Å². The number of nitrogens with one attached hydrogen (secondary N) is 1. The Morgan fingerprint density at radius 3 is 2.92 bits per heavy atom. The van der Waals surface area contributed by atoms with E-state index in [-0.39, 0.29) is 23.0 Å². The number of nitrogens with zero attached hydrogens (tertiary/aromatic N) is 1. The fourth-order valence-corrected chi connectivity index (χ4v) is 2.86. The number of nitro benzene ring substituents is 1. The number of carbonyl (C=O) groups is 1. The number of rotatable bonds is 3. The Morgan fingerprint density at radius 2 is 2.17 bits per heavy atom. The van der Waals surface area contributed by atoms with Crippen molar-refractivity contribution in [3.8, 4) is 5.75 Å². The van der Waals surface area contributed by atoms with Crippen molar-refractivity contribution in [3.05, 3.63) is 62.7 Å². The quantitative estimate of drug-likeness (QED) is 0.504. The van der Waals surface area contributed by atoms with Gasteiger partial charge in [-0.2, -0.15) is 0 Å². The summed E-state index contributed by atoms with van der Waals surface area (Å²) in [6.45, 7) is 0.420. The van der Waals surface area contributed by atoms with Crippen LogP contribution in [0, 0.1) is 10.1 Å². The molecule has 8 heteroatoms. The maximum absolute atomic E-state index is 12.4. The van der Waals surface area contributed by atoms with E-state index in [0.717, 1.165) is 5.56 Å². The molecule has 0 bridgehead atoms. The second-order valence-electron chi connectivity index (χ2n) is 5.35. The van der Waals surface area contributed by atoms with Crippen LogP contribution in [0.1, 0.15) is 28.4 Å². The predicted octanol–water partition coefficient (Wildman–Crippen LogP) is 3.08. The summed E-state index contributed by atoms with van der Waals surface area (Å²) in [5.74, 6) is 0.134. The smallest absolute Gasteiger partial charge is 0.292 e. The van der Waals surface area contributed by atoms with Gasteiger partial charge in [0.2, 0.25) is 0 Å². The van der Waals surface area contributed by atoms with Crippen LogP contribution < -0.4 is 15.8 Å². The fourth-order valence-electron chi connectivity index (χ4n) is 2.62. The average Bonchev–Trinajstić information content (AvgIpc) is 2.56. The number of carbonyl (C=O) groups excluding carboxylic acids is 1. The third kappa shape index (κ3) is 2.98. The van der Waals surface area contributed by atoms with Crippen LogP contribution in [0.3, 0.4) is 0 Å². The summed E-state index contributed by atoms with van der Waals surface area (Å²) < 4.78 is 5.55. The van der Waals surface area contributed by atoms with Gasteiger partial charge in [-0.1, -0.05) is 23.7 Å². The SMILES string of the molecule is Nc1ccc(C(=O)NC2CCOc3c(Cl)cccc32)cc1[N+](=O)[O-]. The molecule has 0 spiro atoms. The lowest BCUT2D eigenvalue weighted by Crippen LogP contribution is -2.32. The number of hydrogen-bond donors (Lipinski definition) is 2. The molecule has 1 unspecified atom stereocenters. The first-order chi connectivity index (χ1) is 11.5. The van der Waals surface area contributed by atoms with Crippen LogP contribution in [-0.2, 0) is 0 Å². The topological polar surface area (TPSA) is 107 Å². The highest BCUT2D eigenvalue weighted by Crippen LogP contribution is 2.37. The molecule has 0 saturated heterocycles. The number of para-hydroxylation sites is 1. The first kappa shape index (κ1) is 16.1. The van der Waals surface area contributed by atoms with E-state index in [1.807, 2.05) is 6.07 Å². The molecule has 1 amide bonds. The molecule has 1 heterocycles. The molecule has 3 N–H and O–H groups in total. The van der Waals surface area contributed by atoms with Crippen LogP contribution in [-0.4, -0.2) is 17.4 Å². The number of nitro groups is 1. The van der Waals surface area contributed by atoms with Crippen molar-refractivity contribution in [2.75, 3.05) is 12.3 Å². The molecule has 0 saturated carbocycles. The van der Waals surface area contributed by atoms with Crippen molar-refractivity contribution >= 4 is 28.9 Å². The van der Waals surface area contributed by atoms with Gasteiger partial charge in [0.1, 0.15) is 11.4 Å². The zero-order valence-corrected chi connectivity index (χ0v) is 13.2. The standard InChI is InChI=1S/C16H14ClN3O4/c17-11-3-1-2-10-13(6-7-24-15(10)11)19-16(21)9-4-5-12(18)14(8-9)20(22)23/h1-5,8,13H,6-7,18H2,(H,19,21). The van der Waals surface area contributed by atoms with Gasteiger partial charge in [0, 0.05) is 23.6 Å². The van der Waals surface area contributed by atoms with Crippen molar-refractivity contribution in [2.24, 2.45) is 0 Å². The van der Waals surface area contributed by atoms with E-state index in [0.29, 0.717) is 23.8 Å². The monoisotopic (exact) mass is 347 g/mol. The van der Waals surface area contributed by atoms with Crippen molar-refractivity contribution in [1.82, 2.24) is 5.32 Å². The van der Waals surface area contributed by atoms with E-state index in [1.165, 1.54) is 18.2 Å². The number of nitrogens with two attached hydrogens (primary N) is 1. The van der Waals surface area contributed by atoms with E-state index in [1.54, 1.807) is 12.1 Å². The van der Waals surface area contributed by atoms with Gasteiger partial charge in [0.25, 0.3) is 11.6 Å². The number of amides is 1. The molecule has 0 radical (unpaired) electrons. The highest BCUT2D eigenvalue weighted by Gasteiger charge is 2.25. The van der Waals surface area contributed by atoms with Gasteiger partial charge in [-0.05, 0) is 18.2 Å². The van der Waals surface area contributed by atoms with Gasteiger partial charge >= 0.3 is 0 Å². The van der Waals surface area contributed by atoms with E-state index >= 15 is 0 Å². The summed E-state index contributed by atoms with van der Waals surface area (Å²) in [5.41, 5.74) is 6.23. The van der Waals surface area contributed by atoms with Crippen LogP contribution >= 0.6 is 11.6 Å². The Hall–Kier alpha value is -2.80. The van der Waals surface area contributed by atoms with E-state index in [9.17, 15) is 14.9 Å². The molecule has 1 aliphatic heterocycles. The highest BCUT2D eigenvalue weighted by molar-refractivity contribution is 6.32. The van der Waals surface area contributed by atoms with E-state index < -0.39 is 10.8 Å². The molecule has 3 rings (SSSR count). The molecule has 0 aromatic heterocycles. The Morgan fingerprint density at radius 1 is 1.38 bits per heavy atom. The summed E-state index contributed by atoms with van der Waals surface area (Å²) in [5, 5.41) is 14.3. The molecule has 124 valence electrons. The first-order valence-corrected chi connectivity index (χ1v) is 7.61. The van der Waals surface area contributed by atoms with Crippen LogP contribution in [0.15, 0.2) is 36.4 Å². The Kier molecular flexibility index (Phi) is 4.26. The van der Waals surface area contributed by atoms with Crippen LogP contribution in [0.2, 0.25) is 5.02 Å². The number of anilines is 1. The molecule has 0 fully saturated rings. The second-order valence-corrected chi connectivity index (χ2v) is 5.76.